The predicted molar refractivity (Wildman–Crippen MR) is 104 cm³/mol. The number of hydrogen-bond donors (Lipinski definition) is 2. The molecule has 2 aliphatic heterocycles. The number of benzene rings is 1. The van der Waals surface area contributed by atoms with Crippen LogP contribution < -0.4 is 19.5 Å². The van der Waals surface area contributed by atoms with Crippen molar-refractivity contribution in [1.29, 1.82) is 0 Å². The highest BCUT2D eigenvalue weighted by Gasteiger charge is 2.28. The molecule has 1 aromatic carbocycles. The van der Waals surface area contributed by atoms with Gasteiger partial charge in [0.05, 0.1) is 40.1 Å². The molecule has 3 heterocycles. The molecule has 2 aliphatic rings. The number of nitrogens with zero attached hydrogens (tertiary/aromatic N) is 1. The second-order valence-corrected chi connectivity index (χ2v) is 7.08. The van der Waals surface area contributed by atoms with Crippen LogP contribution in [0.1, 0.15) is 23.7 Å². The quantitative estimate of drug-likeness (QED) is 0.806. The standard InChI is InChI=1S/C20H29N3O4/c1-24-16-12-15-17(20(26-3)19(16)25-2)13-4-6-21-14(18(13)22-15)5-7-23-8-10-27-11-9-23/h12,14,21-22H,4-11H2,1-3H3/t14-/m1/s1. The van der Waals surface area contributed by atoms with Crippen molar-refractivity contribution in [3.63, 3.8) is 0 Å². The van der Waals surface area contributed by atoms with Gasteiger partial charge in [-0.05, 0) is 24.9 Å². The molecule has 0 unspecified atom stereocenters. The molecule has 7 nitrogen and oxygen atoms in total. The summed E-state index contributed by atoms with van der Waals surface area (Å²) < 4.78 is 22.3. The Kier molecular flexibility index (Phi) is 5.43. The van der Waals surface area contributed by atoms with Crippen LogP contribution in [0, 0.1) is 0 Å². The van der Waals surface area contributed by atoms with Crippen molar-refractivity contribution >= 4 is 10.9 Å². The molecule has 1 fully saturated rings. The fraction of sp³-hybridized carbons (Fsp3) is 0.600. The molecule has 148 valence electrons. The Morgan fingerprint density at radius 3 is 2.59 bits per heavy atom. The maximum Gasteiger partial charge on any atom is 0.204 e. The molecule has 27 heavy (non-hydrogen) atoms. The molecule has 0 aliphatic carbocycles. The molecule has 1 aromatic heterocycles. The van der Waals surface area contributed by atoms with Gasteiger partial charge in [-0.25, -0.2) is 0 Å². The smallest absolute Gasteiger partial charge is 0.204 e. The van der Waals surface area contributed by atoms with E-state index < -0.39 is 0 Å². The van der Waals surface area contributed by atoms with Gasteiger partial charge in [-0.2, -0.15) is 0 Å². The van der Waals surface area contributed by atoms with E-state index in [2.05, 4.69) is 15.2 Å². The van der Waals surface area contributed by atoms with Crippen molar-refractivity contribution < 1.29 is 18.9 Å². The number of fused-ring (bicyclic) bond motifs is 3. The Labute approximate surface area is 159 Å². The van der Waals surface area contributed by atoms with E-state index in [0.29, 0.717) is 17.5 Å². The molecule has 7 heteroatoms. The lowest BCUT2D eigenvalue weighted by molar-refractivity contribution is 0.0360. The van der Waals surface area contributed by atoms with Gasteiger partial charge in [0.1, 0.15) is 0 Å². The highest BCUT2D eigenvalue weighted by molar-refractivity contribution is 5.95. The molecule has 4 rings (SSSR count). The molecule has 2 aromatic rings. The normalized spacial score (nSPS) is 20.5. The Morgan fingerprint density at radius 1 is 1.11 bits per heavy atom. The van der Waals surface area contributed by atoms with Crippen molar-refractivity contribution in [2.45, 2.75) is 18.9 Å². The minimum Gasteiger partial charge on any atom is -0.493 e. The molecule has 2 N–H and O–H groups in total. The second kappa shape index (κ2) is 7.96. The van der Waals surface area contributed by atoms with Gasteiger partial charge < -0.3 is 29.2 Å². The number of nitrogens with one attached hydrogen (secondary N) is 2. The van der Waals surface area contributed by atoms with Crippen molar-refractivity contribution in [3.05, 3.63) is 17.3 Å². The van der Waals surface area contributed by atoms with E-state index in [0.717, 1.165) is 68.9 Å². The van der Waals surface area contributed by atoms with E-state index in [1.54, 1.807) is 21.3 Å². The van der Waals surface area contributed by atoms with Crippen LogP contribution in [0.25, 0.3) is 10.9 Å². The second-order valence-electron chi connectivity index (χ2n) is 7.08. The highest BCUT2D eigenvalue weighted by atomic mass is 16.5. The number of aromatic nitrogens is 1. The van der Waals surface area contributed by atoms with Crippen molar-refractivity contribution in [2.24, 2.45) is 0 Å². The Balaban J connectivity index is 1.68. The van der Waals surface area contributed by atoms with Gasteiger partial charge in [0.25, 0.3) is 0 Å². The summed E-state index contributed by atoms with van der Waals surface area (Å²) in [7, 11) is 4.99. The summed E-state index contributed by atoms with van der Waals surface area (Å²) in [5, 5.41) is 4.79. The molecule has 0 amide bonds. The molecular formula is C20H29N3O4. The third-order valence-electron chi connectivity index (χ3n) is 5.68. The van der Waals surface area contributed by atoms with Gasteiger partial charge in [0, 0.05) is 42.8 Å². The van der Waals surface area contributed by atoms with Crippen LogP contribution in [0.5, 0.6) is 17.2 Å². The first-order chi connectivity index (χ1) is 13.3. The fourth-order valence-corrected chi connectivity index (χ4v) is 4.32. The molecule has 1 atom stereocenters. The van der Waals surface area contributed by atoms with E-state index >= 15 is 0 Å². The maximum absolute atomic E-state index is 5.74. The highest BCUT2D eigenvalue weighted by Crippen LogP contribution is 2.46. The van der Waals surface area contributed by atoms with E-state index in [1.165, 1.54) is 11.3 Å². The van der Waals surface area contributed by atoms with Gasteiger partial charge in [-0.15, -0.1) is 0 Å². The first kappa shape index (κ1) is 18.4. The molecule has 0 saturated carbocycles. The Morgan fingerprint density at radius 2 is 1.89 bits per heavy atom. The van der Waals surface area contributed by atoms with Crippen molar-refractivity contribution in [3.8, 4) is 17.2 Å². The lowest BCUT2D eigenvalue weighted by Gasteiger charge is -2.30. The zero-order valence-electron chi connectivity index (χ0n) is 16.4. The number of aromatic amines is 1. The Hall–Kier alpha value is -1.96. The van der Waals surface area contributed by atoms with E-state index in [9.17, 15) is 0 Å². The van der Waals surface area contributed by atoms with Gasteiger partial charge in [0.15, 0.2) is 11.5 Å². The number of H-pyrrole nitrogens is 1. The fourth-order valence-electron chi connectivity index (χ4n) is 4.32. The van der Waals surface area contributed by atoms with E-state index in [4.69, 9.17) is 18.9 Å². The lowest BCUT2D eigenvalue weighted by Crippen LogP contribution is -2.39. The number of ether oxygens (including phenoxy) is 4. The summed E-state index contributed by atoms with van der Waals surface area (Å²) in [5.74, 6) is 2.08. The number of hydrogen-bond acceptors (Lipinski definition) is 6. The summed E-state index contributed by atoms with van der Waals surface area (Å²) in [6.45, 7) is 5.76. The van der Waals surface area contributed by atoms with Crippen LogP contribution in [0.4, 0.5) is 0 Å². The average Bonchev–Trinajstić information content (AvgIpc) is 3.10. The summed E-state index contributed by atoms with van der Waals surface area (Å²) in [4.78, 5) is 6.11. The van der Waals surface area contributed by atoms with Gasteiger partial charge >= 0.3 is 0 Å². The molecular weight excluding hydrogens is 346 g/mol. The van der Waals surface area contributed by atoms with Crippen LogP contribution in [-0.2, 0) is 11.2 Å². The maximum atomic E-state index is 5.74. The van der Waals surface area contributed by atoms with Crippen LogP contribution in [0.2, 0.25) is 0 Å². The zero-order chi connectivity index (χ0) is 18.8. The van der Waals surface area contributed by atoms with Crippen LogP contribution in [-0.4, -0.2) is 70.6 Å². The number of rotatable bonds is 6. The largest absolute Gasteiger partial charge is 0.493 e. The molecule has 0 radical (unpaired) electrons. The first-order valence-electron chi connectivity index (χ1n) is 9.63. The first-order valence-corrected chi connectivity index (χ1v) is 9.63. The van der Waals surface area contributed by atoms with Gasteiger partial charge in [-0.3, -0.25) is 4.90 Å². The zero-order valence-corrected chi connectivity index (χ0v) is 16.4. The summed E-state index contributed by atoms with van der Waals surface area (Å²) in [6.07, 6.45) is 2.03. The van der Waals surface area contributed by atoms with E-state index in [1.807, 2.05) is 6.07 Å². The van der Waals surface area contributed by atoms with Crippen LogP contribution >= 0.6 is 0 Å². The summed E-state index contributed by atoms with van der Waals surface area (Å²) in [6, 6.07) is 2.32. The van der Waals surface area contributed by atoms with Gasteiger partial charge in [0.2, 0.25) is 5.75 Å². The summed E-state index contributed by atoms with van der Waals surface area (Å²) in [5.41, 5.74) is 3.63. The topological polar surface area (TPSA) is 68.0 Å². The van der Waals surface area contributed by atoms with Crippen LogP contribution in [0.3, 0.4) is 0 Å². The lowest BCUT2D eigenvalue weighted by atomic mass is 9.96. The minimum atomic E-state index is 0.311. The van der Waals surface area contributed by atoms with E-state index in [-0.39, 0.29) is 0 Å². The minimum absolute atomic E-state index is 0.311. The summed E-state index contributed by atoms with van der Waals surface area (Å²) >= 11 is 0. The predicted octanol–water partition coefficient (Wildman–Crippen LogP) is 2.10. The third kappa shape index (κ3) is 3.35. The Bertz CT molecular complexity index is 798. The molecule has 0 bridgehead atoms. The van der Waals surface area contributed by atoms with Crippen molar-refractivity contribution in [1.82, 2.24) is 15.2 Å². The molecule has 1 saturated heterocycles. The SMILES string of the molecule is COc1cc2[nH]c3c(c2c(OC)c1OC)CCN[C@@H]3CCN1CCOCC1. The van der Waals surface area contributed by atoms with Gasteiger partial charge in [-0.1, -0.05) is 0 Å². The number of methoxy groups -OCH3 is 3. The monoisotopic (exact) mass is 375 g/mol. The molecule has 0 spiro atoms. The van der Waals surface area contributed by atoms with Crippen molar-refractivity contribution in [2.75, 3.05) is 60.7 Å². The third-order valence-corrected chi connectivity index (χ3v) is 5.68. The number of morpholine rings is 1. The van der Waals surface area contributed by atoms with Crippen LogP contribution in [0.15, 0.2) is 6.07 Å². The average molecular weight is 375 g/mol.